The van der Waals surface area contributed by atoms with E-state index in [-0.39, 0.29) is 5.60 Å². The minimum atomic E-state index is -0.345. The monoisotopic (exact) mass is 206 g/mol. The zero-order valence-corrected chi connectivity index (χ0v) is 8.94. The van der Waals surface area contributed by atoms with Crippen LogP contribution in [0, 0.1) is 0 Å². The summed E-state index contributed by atoms with van der Waals surface area (Å²) in [6, 6.07) is 6.51. The largest absolute Gasteiger partial charge is 0.390 e. The van der Waals surface area contributed by atoms with E-state index in [1.165, 1.54) is 28.2 Å². The van der Waals surface area contributed by atoms with Gasteiger partial charge in [-0.15, -0.1) is 11.8 Å². The lowest BCUT2D eigenvalue weighted by atomic mass is 9.99. The van der Waals surface area contributed by atoms with Gasteiger partial charge in [0.1, 0.15) is 0 Å². The maximum Gasteiger partial charge on any atom is 0.0690 e. The van der Waals surface area contributed by atoms with E-state index in [4.69, 9.17) is 0 Å². The molecule has 74 valence electrons. The summed E-state index contributed by atoms with van der Waals surface area (Å²) in [5, 5.41) is 9.91. The Morgan fingerprint density at radius 2 is 2.21 bits per heavy atom. The third-order valence-electron chi connectivity index (χ3n) is 3.19. The fourth-order valence-electron chi connectivity index (χ4n) is 2.13. The van der Waals surface area contributed by atoms with Gasteiger partial charge in [0.25, 0.3) is 0 Å². The van der Waals surface area contributed by atoms with Crippen molar-refractivity contribution in [3.8, 4) is 0 Å². The zero-order valence-electron chi connectivity index (χ0n) is 8.12. The number of fused-ring (bicyclic) bond motifs is 1. The molecule has 0 bridgehead atoms. The van der Waals surface area contributed by atoms with Crippen LogP contribution in [0.5, 0.6) is 0 Å². The molecule has 1 nitrogen and oxygen atoms in total. The molecule has 2 heteroatoms. The molecule has 1 aromatic carbocycles. The average Bonchev–Trinajstić information content (AvgIpc) is 2.73. The van der Waals surface area contributed by atoms with Crippen LogP contribution in [-0.4, -0.2) is 16.5 Å². The molecule has 14 heavy (non-hydrogen) atoms. The molecule has 1 fully saturated rings. The lowest BCUT2D eigenvalue weighted by molar-refractivity contribution is 0.150. The molecule has 1 aliphatic carbocycles. The Bertz CT molecular complexity index is 369. The van der Waals surface area contributed by atoms with Crippen molar-refractivity contribution in [2.45, 2.75) is 36.2 Å². The lowest BCUT2D eigenvalue weighted by Crippen LogP contribution is -2.12. The fraction of sp³-hybridized carbons (Fsp3) is 0.500. The highest BCUT2D eigenvalue weighted by Crippen LogP contribution is 2.41. The molecule has 0 saturated heterocycles. The van der Waals surface area contributed by atoms with Crippen molar-refractivity contribution in [2.24, 2.45) is 0 Å². The molecule has 1 heterocycles. The SMILES string of the molecule is OC1(Cc2cccc3c2CCS3)CC1. The van der Waals surface area contributed by atoms with Gasteiger partial charge in [-0.3, -0.25) is 0 Å². The number of hydrogen-bond acceptors (Lipinski definition) is 2. The smallest absolute Gasteiger partial charge is 0.0690 e. The average molecular weight is 206 g/mol. The summed E-state index contributed by atoms with van der Waals surface area (Å²) in [6.45, 7) is 0. The second-order valence-electron chi connectivity index (χ2n) is 4.39. The van der Waals surface area contributed by atoms with Crippen molar-refractivity contribution in [3.05, 3.63) is 29.3 Å². The Kier molecular flexibility index (Phi) is 1.89. The van der Waals surface area contributed by atoms with Crippen LogP contribution in [0.15, 0.2) is 23.1 Å². The molecule has 1 saturated carbocycles. The van der Waals surface area contributed by atoms with Crippen LogP contribution in [0.4, 0.5) is 0 Å². The van der Waals surface area contributed by atoms with Crippen LogP contribution in [0.3, 0.4) is 0 Å². The number of thioether (sulfide) groups is 1. The normalized spacial score (nSPS) is 22.1. The Morgan fingerprint density at radius 1 is 1.36 bits per heavy atom. The zero-order chi connectivity index (χ0) is 9.60. The van der Waals surface area contributed by atoms with Crippen LogP contribution < -0.4 is 0 Å². The molecule has 2 aliphatic rings. The van der Waals surface area contributed by atoms with E-state index in [9.17, 15) is 5.11 Å². The maximum absolute atomic E-state index is 9.91. The van der Waals surface area contributed by atoms with E-state index in [2.05, 4.69) is 18.2 Å². The van der Waals surface area contributed by atoms with E-state index in [0.29, 0.717) is 0 Å². The molecular weight excluding hydrogens is 192 g/mol. The Balaban J connectivity index is 1.94. The molecule has 0 spiro atoms. The molecule has 0 atom stereocenters. The Labute approximate surface area is 88.5 Å². The molecule has 0 amide bonds. The molecule has 1 N–H and O–H groups in total. The van der Waals surface area contributed by atoms with Crippen molar-refractivity contribution in [3.63, 3.8) is 0 Å². The van der Waals surface area contributed by atoms with Crippen molar-refractivity contribution < 1.29 is 5.11 Å². The van der Waals surface area contributed by atoms with E-state index in [0.717, 1.165) is 19.3 Å². The molecule has 1 aliphatic heterocycles. The summed E-state index contributed by atoms with van der Waals surface area (Å²) < 4.78 is 0. The van der Waals surface area contributed by atoms with Crippen LogP contribution in [0.25, 0.3) is 0 Å². The van der Waals surface area contributed by atoms with Crippen LogP contribution in [0.2, 0.25) is 0 Å². The van der Waals surface area contributed by atoms with Gasteiger partial charge in [-0.1, -0.05) is 12.1 Å². The number of rotatable bonds is 2. The summed E-state index contributed by atoms with van der Waals surface area (Å²) >= 11 is 1.95. The topological polar surface area (TPSA) is 20.2 Å². The first kappa shape index (κ1) is 8.81. The Morgan fingerprint density at radius 3 is 3.00 bits per heavy atom. The van der Waals surface area contributed by atoms with Gasteiger partial charge in [-0.05, 0) is 36.5 Å². The first-order valence-electron chi connectivity index (χ1n) is 5.23. The van der Waals surface area contributed by atoms with Crippen LogP contribution in [0.1, 0.15) is 24.0 Å². The van der Waals surface area contributed by atoms with E-state index in [1.54, 1.807) is 0 Å². The molecule has 0 aromatic heterocycles. The highest BCUT2D eigenvalue weighted by molar-refractivity contribution is 7.99. The number of aliphatic hydroxyl groups is 1. The fourth-order valence-corrected chi connectivity index (χ4v) is 3.24. The first-order valence-corrected chi connectivity index (χ1v) is 6.21. The summed E-state index contributed by atoms with van der Waals surface area (Å²) in [5.74, 6) is 1.21. The molecule has 0 radical (unpaired) electrons. The van der Waals surface area contributed by atoms with Crippen molar-refractivity contribution in [1.29, 1.82) is 0 Å². The standard InChI is InChI=1S/C12H14OS/c13-12(5-6-12)8-9-2-1-3-11-10(9)4-7-14-11/h1-3,13H,4-8H2. The highest BCUT2D eigenvalue weighted by Gasteiger charge is 2.40. The maximum atomic E-state index is 9.91. The second kappa shape index (κ2) is 3.01. The molecule has 1 aromatic rings. The third-order valence-corrected chi connectivity index (χ3v) is 4.29. The van der Waals surface area contributed by atoms with E-state index in [1.807, 2.05) is 11.8 Å². The van der Waals surface area contributed by atoms with Crippen molar-refractivity contribution in [2.75, 3.05) is 5.75 Å². The van der Waals surface area contributed by atoms with Crippen molar-refractivity contribution in [1.82, 2.24) is 0 Å². The molecule has 3 rings (SSSR count). The van der Waals surface area contributed by atoms with Crippen LogP contribution >= 0.6 is 11.8 Å². The van der Waals surface area contributed by atoms with Gasteiger partial charge in [-0.2, -0.15) is 0 Å². The Hall–Kier alpha value is -0.470. The summed E-state index contributed by atoms with van der Waals surface area (Å²) in [4.78, 5) is 1.44. The van der Waals surface area contributed by atoms with Gasteiger partial charge < -0.3 is 5.11 Å². The predicted octanol–water partition coefficient (Wildman–Crippen LogP) is 2.40. The summed E-state index contributed by atoms with van der Waals surface area (Å²) in [6.07, 6.45) is 4.04. The quantitative estimate of drug-likeness (QED) is 0.802. The first-order chi connectivity index (χ1) is 6.77. The van der Waals surface area contributed by atoms with E-state index < -0.39 is 0 Å². The van der Waals surface area contributed by atoms with Gasteiger partial charge in [0, 0.05) is 17.1 Å². The van der Waals surface area contributed by atoms with E-state index >= 15 is 0 Å². The highest BCUT2D eigenvalue weighted by atomic mass is 32.2. The molecular formula is C12H14OS. The van der Waals surface area contributed by atoms with Crippen molar-refractivity contribution >= 4 is 11.8 Å². The lowest BCUT2D eigenvalue weighted by Gasteiger charge is -2.11. The minimum absolute atomic E-state index is 0.345. The van der Waals surface area contributed by atoms with Gasteiger partial charge in [0.2, 0.25) is 0 Å². The van der Waals surface area contributed by atoms with Gasteiger partial charge in [0.05, 0.1) is 5.60 Å². The van der Waals surface area contributed by atoms with Gasteiger partial charge in [-0.25, -0.2) is 0 Å². The minimum Gasteiger partial charge on any atom is -0.390 e. The van der Waals surface area contributed by atoms with Gasteiger partial charge >= 0.3 is 0 Å². The predicted molar refractivity (Wildman–Crippen MR) is 58.8 cm³/mol. The molecule has 0 unspecified atom stereocenters. The van der Waals surface area contributed by atoms with Gasteiger partial charge in [0.15, 0.2) is 0 Å². The number of hydrogen-bond donors (Lipinski definition) is 1. The summed E-state index contributed by atoms with van der Waals surface area (Å²) in [7, 11) is 0. The summed E-state index contributed by atoms with van der Waals surface area (Å²) in [5.41, 5.74) is 2.54. The third kappa shape index (κ3) is 1.47. The number of benzene rings is 1. The second-order valence-corrected chi connectivity index (χ2v) is 5.53. The van der Waals surface area contributed by atoms with Crippen LogP contribution in [-0.2, 0) is 12.8 Å².